The number of aliphatic hydroxyl groups is 1. The molecule has 0 aromatic heterocycles. The van der Waals surface area contributed by atoms with Gasteiger partial charge in [-0.05, 0) is 42.7 Å². The standard InChI is InChI=1S/C25H34N2O4/c1-19-7-6-8-20(2)23(19)15-21(28)16-26-11-13-27(14-12-26)17-22(29)18-31-25-10-5-4-9-24(25)30-3/h4-10,22,29H,11-18H2,1-3H3/i3D3. The number of aliphatic hydroxyl groups excluding tert-OH is 1. The second-order valence-electron chi connectivity index (χ2n) is 8.18. The molecule has 1 aliphatic rings. The molecule has 2 aromatic carbocycles. The van der Waals surface area contributed by atoms with E-state index < -0.39 is 13.1 Å². The van der Waals surface area contributed by atoms with Gasteiger partial charge in [0, 0.05) is 39.1 Å². The fraction of sp³-hybridized carbons (Fsp3) is 0.480. The summed E-state index contributed by atoms with van der Waals surface area (Å²) in [5.41, 5.74) is 3.43. The van der Waals surface area contributed by atoms with E-state index >= 15 is 0 Å². The van der Waals surface area contributed by atoms with Crippen LogP contribution in [0.1, 0.15) is 20.8 Å². The van der Waals surface area contributed by atoms with Gasteiger partial charge in [-0.1, -0.05) is 30.3 Å². The lowest BCUT2D eigenvalue weighted by molar-refractivity contribution is -0.120. The Morgan fingerprint density at radius 2 is 1.68 bits per heavy atom. The molecule has 1 saturated heterocycles. The first-order valence-corrected chi connectivity index (χ1v) is 10.7. The highest BCUT2D eigenvalue weighted by atomic mass is 16.5. The number of nitrogens with zero attached hydrogens (tertiary/aromatic N) is 2. The van der Waals surface area contributed by atoms with Gasteiger partial charge < -0.3 is 14.6 Å². The number of methoxy groups -OCH3 is 1. The number of carbonyl (C=O) groups is 1. The zero-order valence-electron chi connectivity index (χ0n) is 21.3. The van der Waals surface area contributed by atoms with Crippen LogP contribution in [0.15, 0.2) is 42.5 Å². The number of carbonyl (C=O) groups excluding carboxylic acids is 1. The maximum atomic E-state index is 12.6. The van der Waals surface area contributed by atoms with Crippen molar-refractivity contribution in [3.8, 4) is 11.5 Å². The molecule has 0 bridgehead atoms. The average molecular weight is 430 g/mol. The molecular formula is C25H34N2O4. The van der Waals surface area contributed by atoms with Crippen LogP contribution in [0, 0.1) is 13.8 Å². The zero-order valence-corrected chi connectivity index (χ0v) is 18.3. The van der Waals surface area contributed by atoms with Crippen molar-refractivity contribution < 1.29 is 23.5 Å². The maximum Gasteiger partial charge on any atom is 0.161 e. The molecule has 6 nitrogen and oxygen atoms in total. The monoisotopic (exact) mass is 429 g/mol. The zero-order chi connectivity index (χ0) is 24.7. The third-order valence-corrected chi connectivity index (χ3v) is 5.74. The highest BCUT2D eigenvalue weighted by Gasteiger charge is 2.21. The molecule has 0 spiro atoms. The third-order valence-electron chi connectivity index (χ3n) is 5.74. The van der Waals surface area contributed by atoms with Gasteiger partial charge in [0.1, 0.15) is 12.7 Å². The molecule has 1 fully saturated rings. The van der Waals surface area contributed by atoms with Crippen LogP contribution in [-0.2, 0) is 11.2 Å². The van der Waals surface area contributed by atoms with Crippen molar-refractivity contribution >= 4 is 5.78 Å². The van der Waals surface area contributed by atoms with E-state index in [1.165, 1.54) is 6.07 Å². The fourth-order valence-electron chi connectivity index (χ4n) is 3.95. The van der Waals surface area contributed by atoms with Gasteiger partial charge >= 0.3 is 0 Å². The number of ether oxygens (including phenoxy) is 2. The molecule has 0 radical (unpaired) electrons. The molecule has 0 amide bonds. The van der Waals surface area contributed by atoms with E-state index in [1.807, 2.05) is 32.0 Å². The first-order valence-electron chi connectivity index (χ1n) is 12.2. The summed E-state index contributed by atoms with van der Waals surface area (Å²) in [6.45, 7) is 8.03. The maximum absolute atomic E-state index is 12.6. The molecule has 3 rings (SSSR count). The molecule has 168 valence electrons. The molecule has 1 N–H and O–H groups in total. The average Bonchev–Trinajstić information content (AvgIpc) is 2.76. The normalized spacial score (nSPS) is 18.0. The lowest BCUT2D eigenvalue weighted by Crippen LogP contribution is -2.50. The van der Waals surface area contributed by atoms with E-state index in [4.69, 9.17) is 13.6 Å². The van der Waals surface area contributed by atoms with Crippen LogP contribution in [0.4, 0.5) is 0 Å². The first kappa shape index (κ1) is 19.3. The molecular weight excluding hydrogens is 392 g/mol. The Bertz CT molecular complexity index is 939. The van der Waals surface area contributed by atoms with Crippen LogP contribution in [-0.4, -0.2) is 79.7 Å². The smallest absolute Gasteiger partial charge is 0.161 e. The molecule has 31 heavy (non-hydrogen) atoms. The second kappa shape index (κ2) is 11.3. The SMILES string of the molecule is [2H]C([2H])([2H])Oc1ccccc1OCC(O)CN1CCN(CC(=O)Cc2c(C)cccc2C)CC1. The van der Waals surface area contributed by atoms with Gasteiger partial charge in [-0.15, -0.1) is 0 Å². The highest BCUT2D eigenvalue weighted by Crippen LogP contribution is 2.25. The molecule has 2 aromatic rings. The van der Waals surface area contributed by atoms with Crippen LogP contribution in [0.5, 0.6) is 11.5 Å². The summed E-state index contributed by atoms with van der Waals surface area (Å²) in [5, 5.41) is 10.4. The van der Waals surface area contributed by atoms with Crippen LogP contribution in [0.3, 0.4) is 0 Å². The Kier molecular flexibility index (Phi) is 7.02. The molecule has 0 aliphatic carbocycles. The van der Waals surface area contributed by atoms with E-state index in [0.29, 0.717) is 19.5 Å². The van der Waals surface area contributed by atoms with Crippen LogP contribution < -0.4 is 9.47 Å². The number of hydrogen-bond acceptors (Lipinski definition) is 6. The van der Waals surface area contributed by atoms with Crippen molar-refractivity contribution in [1.82, 2.24) is 9.80 Å². The lowest BCUT2D eigenvalue weighted by Gasteiger charge is -2.35. The molecule has 0 saturated carbocycles. The minimum Gasteiger partial charge on any atom is -0.493 e. The van der Waals surface area contributed by atoms with Crippen molar-refractivity contribution in [1.29, 1.82) is 0 Å². The number of Topliss-reactive ketones (excluding diaryl/α,β-unsaturated/α-hetero) is 1. The Morgan fingerprint density at radius 1 is 1.03 bits per heavy atom. The number of ketones is 1. The molecule has 1 aliphatic heterocycles. The Balaban J connectivity index is 1.40. The summed E-state index contributed by atoms with van der Waals surface area (Å²) in [6.07, 6.45) is -0.278. The van der Waals surface area contributed by atoms with Gasteiger partial charge in [0.05, 0.1) is 17.7 Å². The number of β-amino-alcohol motifs (C(OH)–C–C–N with tert-alkyl or cyclic N) is 1. The molecule has 1 unspecified atom stereocenters. The van der Waals surface area contributed by atoms with Gasteiger partial charge in [-0.25, -0.2) is 0 Å². The number of aryl methyl sites for hydroxylation is 2. The van der Waals surface area contributed by atoms with Crippen molar-refractivity contribution in [2.45, 2.75) is 26.4 Å². The molecule has 6 heteroatoms. The van der Waals surface area contributed by atoms with Gasteiger partial charge in [0.2, 0.25) is 0 Å². The summed E-state index contributed by atoms with van der Waals surface area (Å²) in [5.74, 6) is 0.621. The summed E-state index contributed by atoms with van der Waals surface area (Å²) in [6, 6.07) is 12.6. The van der Waals surface area contributed by atoms with E-state index in [1.54, 1.807) is 18.2 Å². The molecule has 1 atom stereocenters. The topological polar surface area (TPSA) is 62.2 Å². The minimum atomic E-state index is -2.57. The van der Waals surface area contributed by atoms with Crippen molar-refractivity contribution in [3.05, 3.63) is 59.2 Å². The van der Waals surface area contributed by atoms with Gasteiger partial charge in [-0.2, -0.15) is 0 Å². The van der Waals surface area contributed by atoms with Crippen molar-refractivity contribution in [2.75, 3.05) is 52.9 Å². The largest absolute Gasteiger partial charge is 0.493 e. The van der Waals surface area contributed by atoms with Crippen LogP contribution in [0.25, 0.3) is 0 Å². The van der Waals surface area contributed by atoms with Gasteiger partial charge in [-0.3, -0.25) is 14.6 Å². The summed E-state index contributed by atoms with van der Waals surface area (Å²) >= 11 is 0. The third kappa shape index (κ3) is 6.79. The van der Waals surface area contributed by atoms with E-state index in [2.05, 4.69) is 9.80 Å². The number of rotatable bonds is 10. The van der Waals surface area contributed by atoms with E-state index in [-0.39, 0.29) is 23.9 Å². The minimum absolute atomic E-state index is 0.0237. The number of piperazine rings is 1. The Labute approximate surface area is 189 Å². The Morgan fingerprint density at radius 3 is 2.35 bits per heavy atom. The first-order chi connectivity index (χ1) is 16.1. The van der Waals surface area contributed by atoms with Crippen LogP contribution >= 0.6 is 0 Å². The number of hydrogen-bond donors (Lipinski definition) is 1. The fourth-order valence-corrected chi connectivity index (χ4v) is 3.95. The summed E-state index contributed by atoms with van der Waals surface area (Å²) < 4.78 is 32.4. The quantitative estimate of drug-likeness (QED) is 0.626. The number of benzene rings is 2. The van der Waals surface area contributed by atoms with E-state index in [9.17, 15) is 9.90 Å². The Hall–Kier alpha value is -2.41. The summed E-state index contributed by atoms with van der Waals surface area (Å²) in [7, 11) is -2.57. The summed E-state index contributed by atoms with van der Waals surface area (Å²) in [4.78, 5) is 16.9. The van der Waals surface area contributed by atoms with Gasteiger partial charge in [0.15, 0.2) is 17.3 Å². The second-order valence-corrected chi connectivity index (χ2v) is 8.18. The van der Waals surface area contributed by atoms with Gasteiger partial charge in [0.25, 0.3) is 0 Å². The van der Waals surface area contributed by atoms with Crippen LogP contribution in [0.2, 0.25) is 0 Å². The predicted octanol–water partition coefficient (Wildman–Crippen LogP) is 2.48. The highest BCUT2D eigenvalue weighted by molar-refractivity contribution is 5.83. The molecule has 1 heterocycles. The van der Waals surface area contributed by atoms with Crippen molar-refractivity contribution in [3.63, 3.8) is 0 Å². The predicted molar refractivity (Wildman–Crippen MR) is 122 cm³/mol. The van der Waals surface area contributed by atoms with Crippen molar-refractivity contribution in [2.24, 2.45) is 0 Å². The number of para-hydroxylation sites is 2. The van der Waals surface area contributed by atoms with E-state index in [0.717, 1.165) is 42.9 Å². The lowest BCUT2D eigenvalue weighted by atomic mass is 9.98.